The Bertz CT molecular complexity index is 410. The molecular weight excluding hydrogens is 207 g/mol. The van der Waals surface area contributed by atoms with Crippen molar-refractivity contribution in [1.29, 1.82) is 5.26 Å². The molecule has 86 valence electrons. The summed E-state index contributed by atoms with van der Waals surface area (Å²) < 4.78 is 13.5. The van der Waals surface area contributed by atoms with Crippen LogP contribution in [-0.2, 0) is 6.54 Å². The molecule has 0 radical (unpaired) electrons. The summed E-state index contributed by atoms with van der Waals surface area (Å²) in [5.74, 6) is -0.403. The first-order chi connectivity index (χ1) is 7.48. The highest BCUT2D eigenvalue weighted by Gasteiger charge is 2.15. The van der Waals surface area contributed by atoms with E-state index in [9.17, 15) is 4.39 Å². The summed E-state index contributed by atoms with van der Waals surface area (Å²) in [6.07, 6.45) is 0. The van der Waals surface area contributed by atoms with Crippen LogP contribution in [-0.4, -0.2) is 17.3 Å². The molecule has 4 heteroatoms. The molecule has 0 saturated carbocycles. The average molecular weight is 222 g/mol. The van der Waals surface area contributed by atoms with Gasteiger partial charge >= 0.3 is 0 Å². The van der Waals surface area contributed by atoms with Crippen molar-refractivity contribution in [3.05, 3.63) is 35.1 Å². The molecule has 1 aromatic carbocycles. The molecule has 16 heavy (non-hydrogen) atoms. The van der Waals surface area contributed by atoms with Gasteiger partial charge in [0.2, 0.25) is 0 Å². The number of aliphatic hydroxyl groups excluding tert-OH is 1. The molecule has 1 aromatic rings. The standard InChI is InChI=1S/C12H15FN2O/c1-12(2,8-16)15-7-10-4-3-9(6-14)5-11(10)13/h3-5,15-16H,7-8H2,1-2H3. The Morgan fingerprint density at radius 2 is 2.19 bits per heavy atom. The van der Waals surface area contributed by atoms with Gasteiger partial charge in [-0.3, -0.25) is 0 Å². The monoisotopic (exact) mass is 222 g/mol. The fourth-order valence-electron chi connectivity index (χ4n) is 1.15. The van der Waals surface area contributed by atoms with E-state index in [1.54, 1.807) is 12.1 Å². The third-order valence-corrected chi connectivity index (χ3v) is 2.33. The molecule has 0 saturated heterocycles. The number of aliphatic hydroxyl groups is 1. The van der Waals surface area contributed by atoms with Gasteiger partial charge in [0, 0.05) is 17.6 Å². The van der Waals surface area contributed by atoms with E-state index in [0.29, 0.717) is 17.7 Å². The first kappa shape index (κ1) is 12.6. The highest BCUT2D eigenvalue weighted by molar-refractivity contribution is 5.32. The minimum Gasteiger partial charge on any atom is -0.394 e. The normalized spacial score (nSPS) is 11.2. The van der Waals surface area contributed by atoms with E-state index in [1.165, 1.54) is 6.07 Å². The maximum atomic E-state index is 13.5. The lowest BCUT2D eigenvalue weighted by molar-refractivity contribution is 0.187. The van der Waals surface area contributed by atoms with E-state index in [0.717, 1.165) is 0 Å². The van der Waals surface area contributed by atoms with Gasteiger partial charge in [0.05, 0.1) is 18.2 Å². The molecule has 0 amide bonds. The lowest BCUT2D eigenvalue weighted by Gasteiger charge is -2.23. The van der Waals surface area contributed by atoms with E-state index < -0.39 is 11.4 Å². The molecule has 0 fully saturated rings. The van der Waals surface area contributed by atoms with Gasteiger partial charge < -0.3 is 10.4 Å². The summed E-state index contributed by atoms with van der Waals surface area (Å²) in [7, 11) is 0. The Hall–Kier alpha value is -1.44. The highest BCUT2D eigenvalue weighted by atomic mass is 19.1. The van der Waals surface area contributed by atoms with Gasteiger partial charge in [-0.25, -0.2) is 4.39 Å². The van der Waals surface area contributed by atoms with Gasteiger partial charge in [-0.1, -0.05) is 6.07 Å². The van der Waals surface area contributed by atoms with E-state index in [-0.39, 0.29) is 6.61 Å². The summed E-state index contributed by atoms with van der Waals surface area (Å²) in [4.78, 5) is 0. The molecule has 0 atom stereocenters. The van der Waals surface area contributed by atoms with Crippen molar-refractivity contribution >= 4 is 0 Å². The Morgan fingerprint density at radius 3 is 2.69 bits per heavy atom. The quantitative estimate of drug-likeness (QED) is 0.812. The van der Waals surface area contributed by atoms with Gasteiger partial charge in [0.25, 0.3) is 0 Å². The lowest BCUT2D eigenvalue weighted by atomic mass is 10.1. The van der Waals surface area contributed by atoms with Crippen molar-refractivity contribution < 1.29 is 9.50 Å². The maximum Gasteiger partial charge on any atom is 0.129 e. The molecule has 0 heterocycles. The molecular formula is C12H15FN2O. The second-order valence-electron chi connectivity index (χ2n) is 4.31. The van der Waals surface area contributed by atoms with Crippen LogP contribution >= 0.6 is 0 Å². The molecule has 0 unspecified atom stereocenters. The molecule has 0 aliphatic rings. The first-order valence-corrected chi connectivity index (χ1v) is 5.03. The largest absolute Gasteiger partial charge is 0.394 e. The number of nitrogens with one attached hydrogen (secondary N) is 1. The number of benzene rings is 1. The number of nitriles is 1. The van der Waals surface area contributed by atoms with Crippen LogP contribution in [0.2, 0.25) is 0 Å². The van der Waals surface area contributed by atoms with Crippen LogP contribution in [0.1, 0.15) is 25.0 Å². The van der Waals surface area contributed by atoms with Crippen molar-refractivity contribution in [2.45, 2.75) is 25.9 Å². The Kier molecular flexibility index (Phi) is 3.99. The fourth-order valence-corrected chi connectivity index (χ4v) is 1.15. The van der Waals surface area contributed by atoms with E-state index in [4.69, 9.17) is 10.4 Å². The van der Waals surface area contributed by atoms with Crippen LogP contribution in [0.3, 0.4) is 0 Å². The topological polar surface area (TPSA) is 56.0 Å². The smallest absolute Gasteiger partial charge is 0.129 e. The third-order valence-electron chi connectivity index (χ3n) is 2.33. The van der Waals surface area contributed by atoms with Crippen LogP contribution in [0.4, 0.5) is 4.39 Å². The Labute approximate surface area is 94.5 Å². The Balaban J connectivity index is 2.73. The SMILES string of the molecule is CC(C)(CO)NCc1ccc(C#N)cc1F. The Morgan fingerprint density at radius 1 is 1.50 bits per heavy atom. The maximum absolute atomic E-state index is 13.5. The fraction of sp³-hybridized carbons (Fsp3) is 0.417. The highest BCUT2D eigenvalue weighted by Crippen LogP contribution is 2.11. The zero-order valence-electron chi connectivity index (χ0n) is 9.42. The summed E-state index contributed by atoms with van der Waals surface area (Å²) >= 11 is 0. The van der Waals surface area contributed by atoms with Crippen molar-refractivity contribution in [1.82, 2.24) is 5.32 Å². The molecule has 1 rings (SSSR count). The molecule has 0 aliphatic carbocycles. The number of halogens is 1. The van der Waals surface area contributed by atoms with Gasteiger partial charge in [0.1, 0.15) is 5.82 Å². The molecule has 0 bridgehead atoms. The second kappa shape index (κ2) is 5.06. The second-order valence-corrected chi connectivity index (χ2v) is 4.31. The van der Waals surface area contributed by atoms with Crippen molar-refractivity contribution in [2.75, 3.05) is 6.61 Å². The van der Waals surface area contributed by atoms with Crippen LogP contribution in [0, 0.1) is 17.1 Å². The molecule has 0 spiro atoms. The number of nitrogens with zero attached hydrogens (tertiary/aromatic N) is 1. The molecule has 3 nitrogen and oxygen atoms in total. The number of hydrogen-bond acceptors (Lipinski definition) is 3. The predicted molar refractivity (Wildman–Crippen MR) is 59.1 cm³/mol. The summed E-state index contributed by atoms with van der Waals surface area (Å²) in [6.45, 7) is 3.96. The minimum atomic E-state index is -0.444. The summed E-state index contributed by atoms with van der Waals surface area (Å²) in [6, 6.07) is 6.24. The van der Waals surface area contributed by atoms with Crippen LogP contribution in [0.25, 0.3) is 0 Å². The van der Waals surface area contributed by atoms with Crippen molar-refractivity contribution in [3.8, 4) is 6.07 Å². The minimum absolute atomic E-state index is 0.0229. The predicted octanol–water partition coefficient (Wildman–Crippen LogP) is 1.56. The molecule has 0 aliphatic heterocycles. The number of hydrogen-bond donors (Lipinski definition) is 2. The van der Waals surface area contributed by atoms with E-state index >= 15 is 0 Å². The van der Waals surface area contributed by atoms with E-state index in [2.05, 4.69) is 5.32 Å². The van der Waals surface area contributed by atoms with Crippen molar-refractivity contribution in [3.63, 3.8) is 0 Å². The zero-order valence-corrected chi connectivity index (χ0v) is 9.42. The van der Waals surface area contributed by atoms with Gasteiger partial charge in [-0.15, -0.1) is 0 Å². The van der Waals surface area contributed by atoms with Crippen LogP contribution in [0.5, 0.6) is 0 Å². The van der Waals surface area contributed by atoms with Crippen LogP contribution < -0.4 is 5.32 Å². The molecule has 0 aromatic heterocycles. The van der Waals surface area contributed by atoms with Crippen LogP contribution in [0.15, 0.2) is 18.2 Å². The number of rotatable bonds is 4. The van der Waals surface area contributed by atoms with Gasteiger partial charge in [-0.2, -0.15) is 5.26 Å². The van der Waals surface area contributed by atoms with Gasteiger partial charge in [0.15, 0.2) is 0 Å². The first-order valence-electron chi connectivity index (χ1n) is 5.03. The van der Waals surface area contributed by atoms with Crippen molar-refractivity contribution in [2.24, 2.45) is 0 Å². The lowest BCUT2D eigenvalue weighted by Crippen LogP contribution is -2.42. The summed E-state index contributed by atoms with van der Waals surface area (Å²) in [5.41, 5.74) is 0.351. The zero-order chi connectivity index (χ0) is 12.2. The van der Waals surface area contributed by atoms with Gasteiger partial charge in [-0.05, 0) is 26.0 Å². The molecule has 2 N–H and O–H groups in total. The third kappa shape index (κ3) is 3.30. The van der Waals surface area contributed by atoms with E-state index in [1.807, 2.05) is 19.9 Å². The summed E-state index contributed by atoms with van der Waals surface area (Å²) in [5, 5.41) is 20.6. The average Bonchev–Trinajstić information content (AvgIpc) is 2.27.